The summed E-state index contributed by atoms with van der Waals surface area (Å²) >= 11 is 0. The molecule has 2 aromatic rings. The molecule has 0 radical (unpaired) electrons. The van der Waals surface area contributed by atoms with Crippen LogP contribution >= 0.6 is 0 Å². The Labute approximate surface area is 186 Å². The summed E-state index contributed by atoms with van der Waals surface area (Å²) in [5, 5.41) is 0. The van der Waals surface area contributed by atoms with Gasteiger partial charge in [-0.1, -0.05) is 44.0 Å². The minimum atomic E-state index is 0.473. The zero-order valence-corrected chi connectivity index (χ0v) is 18.8. The number of hydrogen-bond donors (Lipinski definition) is 1. The highest BCUT2D eigenvalue weighted by molar-refractivity contribution is 5.63. The Kier molecular flexibility index (Phi) is 7.20. The largest absolute Gasteiger partial charge is 0.373 e. The van der Waals surface area contributed by atoms with Gasteiger partial charge in [0, 0.05) is 76.0 Å². The summed E-state index contributed by atoms with van der Waals surface area (Å²) in [5.74, 6) is 0.849. The summed E-state index contributed by atoms with van der Waals surface area (Å²) in [6, 6.07) is 9.32. The molecule has 0 atom stereocenters. The van der Waals surface area contributed by atoms with Crippen LogP contribution in [0.1, 0.15) is 37.7 Å². The van der Waals surface area contributed by atoms with Crippen molar-refractivity contribution >= 4 is 5.95 Å². The minimum absolute atomic E-state index is 0.473. The number of hydrogen-bond acceptors (Lipinski definition) is 6. The molecule has 6 nitrogen and oxygen atoms in total. The smallest absolute Gasteiger partial charge is 0.225 e. The predicted octanol–water partition coefficient (Wildman–Crippen LogP) is 3.50. The van der Waals surface area contributed by atoms with Crippen LogP contribution in [-0.2, 0) is 6.54 Å². The molecule has 2 heterocycles. The van der Waals surface area contributed by atoms with Gasteiger partial charge >= 0.3 is 0 Å². The molecule has 1 saturated carbocycles. The standard InChI is InChI=1S/C25H36N6/c1-20(16-26)29(2)19-21-7-6-8-22(15-21)23-17-27-25(28-18-23)31-13-11-30(12-14-31)24-9-4-3-5-10-24/h6-8,15,17-18,24H,1,3-5,9-14,16,19,26H2,2H3. The molecule has 4 rings (SSSR count). The maximum absolute atomic E-state index is 5.70. The lowest BCUT2D eigenvalue weighted by atomic mass is 9.94. The monoisotopic (exact) mass is 420 g/mol. The van der Waals surface area contributed by atoms with E-state index >= 15 is 0 Å². The van der Waals surface area contributed by atoms with Gasteiger partial charge in [-0.2, -0.15) is 0 Å². The quantitative estimate of drug-likeness (QED) is 0.740. The van der Waals surface area contributed by atoms with Gasteiger partial charge < -0.3 is 15.5 Å². The second-order valence-electron chi connectivity index (χ2n) is 8.91. The minimum Gasteiger partial charge on any atom is -0.373 e. The molecular formula is C25H36N6. The summed E-state index contributed by atoms with van der Waals surface area (Å²) in [5.41, 5.74) is 10.0. The number of benzene rings is 1. The van der Waals surface area contributed by atoms with Crippen LogP contribution in [0.5, 0.6) is 0 Å². The molecule has 0 unspecified atom stereocenters. The molecule has 1 aromatic heterocycles. The van der Waals surface area contributed by atoms with Crippen molar-refractivity contribution in [3.8, 4) is 11.1 Å². The maximum Gasteiger partial charge on any atom is 0.225 e. The molecule has 2 N–H and O–H groups in total. The number of nitrogens with zero attached hydrogens (tertiary/aromatic N) is 5. The van der Waals surface area contributed by atoms with Crippen molar-refractivity contribution in [3.05, 3.63) is 54.5 Å². The molecule has 6 heteroatoms. The highest BCUT2D eigenvalue weighted by atomic mass is 15.3. The molecule has 1 aliphatic carbocycles. The fourth-order valence-electron chi connectivity index (χ4n) is 4.76. The van der Waals surface area contributed by atoms with Gasteiger partial charge in [0.25, 0.3) is 0 Å². The van der Waals surface area contributed by atoms with Gasteiger partial charge in [-0.05, 0) is 30.0 Å². The number of likely N-dealkylation sites (N-methyl/N-ethyl adjacent to an activating group) is 1. The Hall–Kier alpha value is -2.44. The van der Waals surface area contributed by atoms with Crippen molar-refractivity contribution in [3.63, 3.8) is 0 Å². The van der Waals surface area contributed by atoms with E-state index < -0.39 is 0 Å². The van der Waals surface area contributed by atoms with Crippen molar-refractivity contribution in [1.82, 2.24) is 19.8 Å². The van der Waals surface area contributed by atoms with E-state index in [1.54, 1.807) is 0 Å². The lowest BCUT2D eigenvalue weighted by Crippen LogP contribution is -2.51. The molecule has 0 bridgehead atoms. The van der Waals surface area contributed by atoms with Crippen LogP contribution in [0, 0.1) is 0 Å². The van der Waals surface area contributed by atoms with Crippen molar-refractivity contribution in [2.75, 3.05) is 44.7 Å². The summed E-state index contributed by atoms with van der Waals surface area (Å²) in [4.78, 5) is 16.5. The zero-order valence-electron chi connectivity index (χ0n) is 18.8. The second-order valence-corrected chi connectivity index (χ2v) is 8.91. The molecule has 0 spiro atoms. The molecule has 1 aromatic carbocycles. The van der Waals surface area contributed by atoms with E-state index in [2.05, 4.69) is 45.5 Å². The Balaban J connectivity index is 1.36. The van der Waals surface area contributed by atoms with E-state index in [9.17, 15) is 0 Å². The number of rotatable bonds is 7. The fourth-order valence-corrected chi connectivity index (χ4v) is 4.76. The van der Waals surface area contributed by atoms with Crippen LogP contribution < -0.4 is 10.6 Å². The van der Waals surface area contributed by atoms with Gasteiger partial charge in [0.05, 0.1) is 0 Å². The van der Waals surface area contributed by atoms with Gasteiger partial charge in [0.1, 0.15) is 0 Å². The molecule has 0 amide bonds. The van der Waals surface area contributed by atoms with Gasteiger partial charge in [0.15, 0.2) is 0 Å². The molecular weight excluding hydrogens is 384 g/mol. The third-order valence-electron chi connectivity index (χ3n) is 6.78. The fraction of sp³-hybridized carbons (Fsp3) is 0.520. The van der Waals surface area contributed by atoms with Gasteiger partial charge in [-0.25, -0.2) is 9.97 Å². The highest BCUT2D eigenvalue weighted by Crippen LogP contribution is 2.25. The summed E-state index contributed by atoms with van der Waals surface area (Å²) in [7, 11) is 2.02. The zero-order chi connectivity index (χ0) is 21.6. The Morgan fingerprint density at radius 2 is 1.77 bits per heavy atom. The van der Waals surface area contributed by atoms with E-state index in [4.69, 9.17) is 15.7 Å². The van der Waals surface area contributed by atoms with Crippen LogP contribution in [0.3, 0.4) is 0 Å². The first-order valence-corrected chi connectivity index (χ1v) is 11.6. The van der Waals surface area contributed by atoms with Crippen LogP contribution in [0.2, 0.25) is 0 Å². The number of nitrogens with two attached hydrogens (primary N) is 1. The normalized spacial score (nSPS) is 18.2. The topological polar surface area (TPSA) is 61.5 Å². The predicted molar refractivity (Wildman–Crippen MR) is 128 cm³/mol. The van der Waals surface area contributed by atoms with Gasteiger partial charge in [-0.15, -0.1) is 0 Å². The van der Waals surface area contributed by atoms with E-state index in [1.165, 1.54) is 37.7 Å². The Bertz CT molecular complexity index is 851. The average molecular weight is 421 g/mol. The Morgan fingerprint density at radius 3 is 2.45 bits per heavy atom. The first kappa shape index (κ1) is 21.8. The van der Waals surface area contributed by atoms with Crippen molar-refractivity contribution in [2.45, 2.75) is 44.7 Å². The SMILES string of the molecule is C=C(CN)N(C)Cc1cccc(-c2cnc(N3CCN(C4CCCCC4)CC3)nc2)c1. The first-order chi connectivity index (χ1) is 15.1. The Morgan fingerprint density at radius 1 is 1.06 bits per heavy atom. The molecule has 2 aliphatic rings. The third-order valence-corrected chi connectivity index (χ3v) is 6.78. The van der Waals surface area contributed by atoms with Gasteiger partial charge in [0.2, 0.25) is 5.95 Å². The molecule has 1 saturated heterocycles. The number of anilines is 1. The molecule has 31 heavy (non-hydrogen) atoms. The third kappa shape index (κ3) is 5.43. The average Bonchev–Trinajstić information content (AvgIpc) is 2.84. The first-order valence-electron chi connectivity index (χ1n) is 11.6. The van der Waals surface area contributed by atoms with Crippen molar-refractivity contribution in [2.24, 2.45) is 5.73 Å². The van der Waals surface area contributed by atoms with Crippen LogP contribution in [0.4, 0.5) is 5.95 Å². The number of piperazine rings is 1. The molecule has 1 aliphatic heterocycles. The maximum atomic E-state index is 5.70. The summed E-state index contributed by atoms with van der Waals surface area (Å²) in [6.45, 7) is 9.55. The lowest BCUT2D eigenvalue weighted by molar-refractivity contribution is 0.147. The van der Waals surface area contributed by atoms with E-state index in [-0.39, 0.29) is 0 Å². The van der Waals surface area contributed by atoms with Crippen molar-refractivity contribution < 1.29 is 0 Å². The van der Waals surface area contributed by atoms with Crippen LogP contribution in [0.15, 0.2) is 48.9 Å². The van der Waals surface area contributed by atoms with E-state index in [1.807, 2.05) is 19.4 Å². The van der Waals surface area contributed by atoms with Crippen LogP contribution in [-0.4, -0.2) is 65.6 Å². The second kappa shape index (κ2) is 10.2. The van der Waals surface area contributed by atoms with Crippen molar-refractivity contribution in [1.29, 1.82) is 0 Å². The summed E-state index contributed by atoms with van der Waals surface area (Å²) < 4.78 is 0. The van der Waals surface area contributed by atoms with E-state index in [0.29, 0.717) is 6.54 Å². The summed E-state index contributed by atoms with van der Waals surface area (Å²) in [6.07, 6.45) is 10.9. The molecule has 2 fully saturated rings. The number of aromatic nitrogens is 2. The van der Waals surface area contributed by atoms with Gasteiger partial charge in [-0.3, -0.25) is 4.90 Å². The van der Waals surface area contributed by atoms with E-state index in [0.717, 1.165) is 61.5 Å². The highest BCUT2D eigenvalue weighted by Gasteiger charge is 2.25. The molecule has 166 valence electrons. The van der Waals surface area contributed by atoms with Crippen LogP contribution in [0.25, 0.3) is 11.1 Å². The lowest BCUT2D eigenvalue weighted by Gasteiger charge is -2.40.